The normalized spacial score (nSPS) is 18.1. The van der Waals surface area contributed by atoms with Crippen molar-refractivity contribution in [2.75, 3.05) is 0 Å². The van der Waals surface area contributed by atoms with Crippen LogP contribution in [0.25, 0.3) is 0 Å². The van der Waals surface area contributed by atoms with Crippen LogP contribution in [0.1, 0.15) is 34.2 Å². The standard InChI is InChI=1S/C13H16N4O2/c1-8-6-17-7-10(3-4-12(17)14-8)15-13(18)11-5-9(2)19-16-11/h5-6,10H,3-4,7H2,1-2H3,(H,15,18)/t10-/m0/s1. The molecule has 3 rings (SSSR count). The first kappa shape index (κ1) is 12.0. The molecular weight excluding hydrogens is 244 g/mol. The molecule has 6 heteroatoms. The van der Waals surface area contributed by atoms with Crippen molar-refractivity contribution in [3.05, 3.63) is 35.2 Å². The van der Waals surface area contributed by atoms with E-state index in [1.807, 2.05) is 13.1 Å². The summed E-state index contributed by atoms with van der Waals surface area (Å²) in [4.78, 5) is 16.4. The molecule has 0 aliphatic carbocycles. The fourth-order valence-electron chi connectivity index (χ4n) is 2.44. The van der Waals surface area contributed by atoms with Crippen molar-refractivity contribution >= 4 is 5.91 Å². The minimum absolute atomic E-state index is 0.116. The van der Waals surface area contributed by atoms with Crippen molar-refractivity contribution in [2.24, 2.45) is 0 Å². The topological polar surface area (TPSA) is 73.0 Å². The minimum atomic E-state index is -0.179. The molecule has 1 aliphatic rings. The lowest BCUT2D eigenvalue weighted by molar-refractivity contribution is 0.0918. The summed E-state index contributed by atoms with van der Waals surface area (Å²) in [6, 6.07) is 1.76. The van der Waals surface area contributed by atoms with Crippen molar-refractivity contribution in [2.45, 2.75) is 39.3 Å². The van der Waals surface area contributed by atoms with Gasteiger partial charge in [0.1, 0.15) is 11.6 Å². The van der Waals surface area contributed by atoms with Crippen LogP contribution in [0.4, 0.5) is 0 Å². The van der Waals surface area contributed by atoms with E-state index in [2.05, 4.69) is 20.0 Å². The Labute approximate surface area is 110 Å². The Kier molecular flexibility index (Phi) is 2.85. The average Bonchev–Trinajstić information content (AvgIpc) is 2.93. The Bertz CT molecular complexity index is 614. The molecule has 6 nitrogen and oxygen atoms in total. The Morgan fingerprint density at radius 2 is 2.37 bits per heavy atom. The molecule has 100 valence electrons. The molecule has 0 bridgehead atoms. The van der Waals surface area contributed by atoms with Crippen LogP contribution in [0.15, 0.2) is 16.8 Å². The molecule has 0 spiro atoms. The van der Waals surface area contributed by atoms with E-state index in [0.29, 0.717) is 11.5 Å². The molecule has 3 heterocycles. The first-order chi connectivity index (χ1) is 9.11. The highest BCUT2D eigenvalue weighted by molar-refractivity contribution is 5.92. The fraction of sp³-hybridized carbons (Fsp3) is 0.462. The first-order valence-corrected chi connectivity index (χ1v) is 6.38. The number of imidazole rings is 1. The van der Waals surface area contributed by atoms with Gasteiger partial charge in [-0.1, -0.05) is 5.16 Å². The van der Waals surface area contributed by atoms with Crippen molar-refractivity contribution < 1.29 is 9.32 Å². The molecule has 2 aromatic rings. The van der Waals surface area contributed by atoms with E-state index in [1.54, 1.807) is 13.0 Å². The number of hydrogen-bond donors (Lipinski definition) is 1. The summed E-state index contributed by atoms with van der Waals surface area (Å²) < 4.78 is 7.02. The van der Waals surface area contributed by atoms with Gasteiger partial charge in [-0.2, -0.15) is 0 Å². The summed E-state index contributed by atoms with van der Waals surface area (Å²) in [6.45, 7) is 4.51. The number of amides is 1. The zero-order valence-electron chi connectivity index (χ0n) is 11.0. The molecule has 19 heavy (non-hydrogen) atoms. The van der Waals surface area contributed by atoms with Gasteiger partial charge in [-0.25, -0.2) is 4.98 Å². The second kappa shape index (κ2) is 4.53. The fourth-order valence-corrected chi connectivity index (χ4v) is 2.44. The van der Waals surface area contributed by atoms with Crippen molar-refractivity contribution in [3.63, 3.8) is 0 Å². The zero-order valence-corrected chi connectivity index (χ0v) is 11.0. The van der Waals surface area contributed by atoms with Gasteiger partial charge < -0.3 is 14.4 Å². The summed E-state index contributed by atoms with van der Waals surface area (Å²) in [5, 5.41) is 6.71. The first-order valence-electron chi connectivity index (χ1n) is 6.38. The van der Waals surface area contributed by atoms with Crippen LogP contribution >= 0.6 is 0 Å². The molecule has 0 saturated carbocycles. The third-order valence-electron chi connectivity index (χ3n) is 3.31. The molecule has 1 N–H and O–H groups in total. The average molecular weight is 260 g/mol. The van der Waals surface area contributed by atoms with Crippen molar-refractivity contribution in [1.82, 2.24) is 20.0 Å². The van der Waals surface area contributed by atoms with Gasteiger partial charge in [0.05, 0.1) is 5.69 Å². The van der Waals surface area contributed by atoms with Crippen LogP contribution < -0.4 is 5.32 Å². The molecular formula is C13H16N4O2. The van der Waals surface area contributed by atoms with E-state index < -0.39 is 0 Å². The van der Waals surface area contributed by atoms with E-state index in [4.69, 9.17) is 4.52 Å². The SMILES string of the molecule is Cc1cn2c(n1)CC[C@H](NC(=O)c1cc(C)on1)C2. The summed E-state index contributed by atoms with van der Waals surface area (Å²) >= 11 is 0. The third kappa shape index (κ3) is 2.38. The Morgan fingerprint density at radius 3 is 3.11 bits per heavy atom. The maximum Gasteiger partial charge on any atom is 0.273 e. The highest BCUT2D eigenvalue weighted by atomic mass is 16.5. The minimum Gasteiger partial charge on any atom is -0.361 e. The Balaban J connectivity index is 1.67. The molecule has 0 radical (unpaired) electrons. The predicted octanol–water partition coefficient (Wildman–Crippen LogP) is 1.23. The number of rotatable bonds is 2. The molecule has 1 atom stereocenters. The molecule has 0 unspecified atom stereocenters. The van der Waals surface area contributed by atoms with E-state index >= 15 is 0 Å². The zero-order chi connectivity index (χ0) is 13.4. The predicted molar refractivity (Wildman–Crippen MR) is 67.8 cm³/mol. The van der Waals surface area contributed by atoms with E-state index in [0.717, 1.165) is 30.9 Å². The van der Waals surface area contributed by atoms with Crippen LogP contribution in [0, 0.1) is 13.8 Å². The summed E-state index contributed by atoms with van der Waals surface area (Å²) in [5.41, 5.74) is 1.36. The van der Waals surface area contributed by atoms with Gasteiger partial charge >= 0.3 is 0 Å². The second-order valence-corrected chi connectivity index (χ2v) is 4.98. The number of nitrogens with zero attached hydrogens (tertiary/aromatic N) is 3. The van der Waals surface area contributed by atoms with E-state index in [9.17, 15) is 4.79 Å². The highest BCUT2D eigenvalue weighted by Crippen LogP contribution is 2.15. The van der Waals surface area contributed by atoms with Gasteiger partial charge in [0.2, 0.25) is 0 Å². The maximum atomic E-state index is 12.0. The lowest BCUT2D eigenvalue weighted by Gasteiger charge is -2.24. The van der Waals surface area contributed by atoms with Gasteiger partial charge in [-0.05, 0) is 20.3 Å². The lowest BCUT2D eigenvalue weighted by atomic mass is 10.1. The third-order valence-corrected chi connectivity index (χ3v) is 3.31. The van der Waals surface area contributed by atoms with E-state index in [1.165, 1.54) is 0 Å². The quantitative estimate of drug-likeness (QED) is 0.881. The second-order valence-electron chi connectivity index (χ2n) is 4.98. The molecule has 0 fully saturated rings. The number of nitrogens with one attached hydrogen (secondary N) is 1. The largest absolute Gasteiger partial charge is 0.361 e. The number of carbonyl (C=O) groups is 1. The van der Waals surface area contributed by atoms with Crippen LogP contribution in [0.2, 0.25) is 0 Å². The van der Waals surface area contributed by atoms with Crippen LogP contribution in [0.5, 0.6) is 0 Å². The van der Waals surface area contributed by atoms with Gasteiger partial charge in [0, 0.05) is 31.3 Å². The summed E-state index contributed by atoms with van der Waals surface area (Å²) in [7, 11) is 0. The summed E-state index contributed by atoms with van der Waals surface area (Å²) in [5.74, 6) is 1.56. The van der Waals surface area contributed by atoms with Crippen molar-refractivity contribution in [1.29, 1.82) is 0 Å². The number of hydrogen-bond acceptors (Lipinski definition) is 4. The molecule has 0 saturated heterocycles. The molecule has 1 aliphatic heterocycles. The van der Waals surface area contributed by atoms with Crippen LogP contribution in [0.3, 0.4) is 0 Å². The van der Waals surface area contributed by atoms with Gasteiger partial charge in [0.15, 0.2) is 5.69 Å². The van der Waals surface area contributed by atoms with Crippen LogP contribution in [-0.4, -0.2) is 26.7 Å². The Morgan fingerprint density at radius 1 is 1.53 bits per heavy atom. The van der Waals surface area contributed by atoms with Crippen LogP contribution in [-0.2, 0) is 13.0 Å². The monoisotopic (exact) mass is 260 g/mol. The summed E-state index contributed by atoms with van der Waals surface area (Å²) in [6.07, 6.45) is 3.81. The number of carbonyl (C=O) groups excluding carboxylic acids is 1. The van der Waals surface area contributed by atoms with E-state index in [-0.39, 0.29) is 11.9 Å². The molecule has 2 aromatic heterocycles. The maximum absolute atomic E-state index is 12.0. The van der Waals surface area contributed by atoms with Gasteiger partial charge in [0.25, 0.3) is 5.91 Å². The smallest absolute Gasteiger partial charge is 0.273 e. The number of fused-ring (bicyclic) bond motifs is 1. The van der Waals surface area contributed by atoms with Gasteiger partial charge in [-0.3, -0.25) is 4.79 Å². The number of aromatic nitrogens is 3. The number of aryl methyl sites for hydroxylation is 3. The molecule has 1 amide bonds. The highest BCUT2D eigenvalue weighted by Gasteiger charge is 2.22. The Hall–Kier alpha value is -2.11. The van der Waals surface area contributed by atoms with Crippen molar-refractivity contribution in [3.8, 4) is 0 Å². The molecule has 0 aromatic carbocycles. The van der Waals surface area contributed by atoms with Gasteiger partial charge in [-0.15, -0.1) is 0 Å². The lowest BCUT2D eigenvalue weighted by Crippen LogP contribution is -2.41.